The monoisotopic (exact) mass is 472 g/mol. The average Bonchev–Trinajstić information content (AvgIpc) is 3.29. The van der Waals surface area contributed by atoms with Gasteiger partial charge in [-0.1, -0.05) is 54.6 Å². The number of hydrogen-bond donors (Lipinski definition) is 2. The number of esters is 1. The highest BCUT2D eigenvalue weighted by molar-refractivity contribution is 5.92. The number of alkyl carbamates (subject to hydrolysis) is 1. The van der Waals surface area contributed by atoms with E-state index in [1.807, 2.05) is 54.6 Å². The predicted molar refractivity (Wildman–Crippen MR) is 129 cm³/mol. The molecule has 0 bridgehead atoms. The van der Waals surface area contributed by atoms with Crippen LogP contribution < -0.4 is 10.6 Å². The number of carbonyl (C=O) groups excluding carboxylic acids is 3. The lowest BCUT2D eigenvalue weighted by Gasteiger charge is -2.18. The summed E-state index contributed by atoms with van der Waals surface area (Å²) < 4.78 is 11.8. The Labute approximate surface area is 201 Å². The van der Waals surface area contributed by atoms with E-state index in [4.69, 9.17) is 9.47 Å². The van der Waals surface area contributed by atoms with E-state index in [0.29, 0.717) is 11.3 Å². The van der Waals surface area contributed by atoms with Gasteiger partial charge in [0.25, 0.3) is 0 Å². The summed E-state index contributed by atoms with van der Waals surface area (Å²) in [5.74, 6) is -0.940. The van der Waals surface area contributed by atoms with Gasteiger partial charge < -0.3 is 24.7 Å². The zero-order valence-corrected chi connectivity index (χ0v) is 19.0. The molecule has 0 spiro atoms. The van der Waals surface area contributed by atoms with E-state index in [9.17, 15) is 14.4 Å². The van der Waals surface area contributed by atoms with Crippen LogP contribution in [0, 0.1) is 0 Å². The molecule has 9 heteroatoms. The van der Waals surface area contributed by atoms with Crippen LogP contribution in [0.5, 0.6) is 0 Å². The molecular weight excluding hydrogens is 448 g/mol. The topological polar surface area (TPSA) is 112 Å². The summed E-state index contributed by atoms with van der Waals surface area (Å²) in [5, 5.41) is 5.34. The van der Waals surface area contributed by atoms with Crippen LogP contribution in [0.3, 0.4) is 0 Å². The molecule has 1 aromatic heterocycles. The number of imidazole rings is 1. The van der Waals surface area contributed by atoms with E-state index in [1.54, 1.807) is 35.2 Å². The van der Waals surface area contributed by atoms with E-state index >= 15 is 0 Å². The van der Waals surface area contributed by atoms with Crippen LogP contribution in [0.25, 0.3) is 11.0 Å². The Morgan fingerprint density at radius 3 is 2.54 bits per heavy atom. The van der Waals surface area contributed by atoms with E-state index in [2.05, 4.69) is 15.6 Å². The van der Waals surface area contributed by atoms with Crippen LogP contribution in [0.4, 0.5) is 10.5 Å². The minimum atomic E-state index is -1.11. The lowest BCUT2D eigenvalue weighted by atomic mass is 10.1. The van der Waals surface area contributed by atoms with E-state index in [-0.39, 0.29) is 19.1 Å². The normalized spacial score (nSPS) is 11.5. The average molecular weight is 473 g/mol. The Balaban J connectivity index is 1.42. The van der Waals surface area contributed by atoms with Crippen LogP contribution >= 0.6 is 0 Å². The minimum absolute atomic E-state index is 0.0552. The van der Waals surface area contributed by atoms with E-state index < -0.39 is 18.1 Å². The second kappa shape index (κ2) is 11.0. The van der Waals surface area contributed by atoms with Gasteiger partial charge in [-0.25, -0.2) is 14.6 Å². The molecule has 4 aromatic rings. The number of fused-ring (bicyclic) bond motifs is 1. The fraction of sp³-hybridized carbons (Fsp3) is 0.154. The second-order valence-electron chi connectivity index (χ2n) is 7.70. The molecule has 1 heterocycles. The van der Waals surface area contributed by atoms with Crippen LogP contribution in [0.15, 0.2) is 85.2 Å². The van der Waals surface area contributed by atoms with Gasteiger partial charge in [-0.15, -0.1) is 0 Å². The minimum Gasteiger partial charge on any atom is -0.467 e. The molecule has 35 heavy (non-hydrogen) atoms. The first-order valence-electron chi connectivity index (χ1n) is 10.9. The van der Waals surface area contributed by atoms with E-state index in [1.165, 1.54) is 7.11 Å². The first-order chi connectivity index (χ1) is 17.0. The van der Waals surface area contributed by atoms with Gasteiger partial charge in [-0.3, -0.25) is 4.79 Å². The van der Waals surface area contributed by atoms with Crippen LogP contribution in [-0.4, -0.2) is 34.6 Å². The Kier molecular flexibility index (Phi) is 7.37. The molecule has 0 aliphatic carbocycles. The van der Waals surface area contributed by atoms with Gasteiger partial charge in [-0.05, 0) is 35.4 Å². The first kappa shape index (κ1) is 23.5. The Bertz CT molecular complexity index is 1340. The van der Waals surface area contributed by atoms with Crippen molar-refractivity contribution in [1.29, 1.82) is 0 Å². The zero-order valence-electron chi connectivity index (χ0n) is 19.0. The largest absolute Gasteiger partial charge is 0.467 e. The zero-order chi connectivity index (χ0) is 24.6. The maximum absolute atomic E-state index is 12.7. The summed E-state index contributed by atoms with van der Waals surface area (Å²) in [6.07, 6.45) is 0.838. The molecule has 178 valence electrons. The van der Waals surface area contributed by atoms with Crippen LogP contribution in [0.1, 0.15) is 17.2 Å². The lowest BCUT2D eigenvalue weighted by Crippen LogP contribution is -2.35. The molecule has 0 saturated heterocycles. The summed E-state index contributed by atoms with van der Waals surface area (Å²) in [7, 11) is 1.23. The number of carbonyl (C=O) groups is 3. The molecular formula is C26H24N4O5. The molecule has 0 fully saturated rings. The molecule has 0 aliphatic heterocycles. The Morgan fingerprint density at radius 1 is 0.971 bits per heavy atom. The number of nitrogens with zero attached hydrogens (tertiary/aromatic N) is 2. The van der Waals surface area contributed by atoms with Gasteiger partial charge in [0.05, 0.1) is 24.5 Å². The number of nitrogens with one attached hydrogen (secondary N) is 2. The third-order valence-corrected chi connectivity index (χ3v) is 5.26. The predicted octanol–water partition coefficient (Wildman–Crippen LogP) is 3.82. The number of benzene rings is 3. The van der Waals surface area contributed by atoms with Crippen molar-refractivity contribution in [1.82, 2.24) is 14.9 Å². The fourth-order valence-corrected chi connectivity index (χ4v) is 3.57. The highest BCUT2D eigenvalue weighted by atomic mass is 16.6. The molecule has 0 unspecified atom stereocenters. The summed E-state index contributed by atoms with van der Waals surface area (Å²) in [4.78, 5) is 41.7. The fourth-order valence-electron chi connectivity index (χ4n) is 3.57. The summed E-state index contributed by atoms with van der Waals surface area (Å²) in [6.45, 7) is 0.120. The van der Waals surface area contributed by atoms with Gasteiger partial charge in [0, 0.05) is 5.69 Å². The molecule has 2 N–H and O–H groups in total. The number of aromatic nitrogens is 2. The quantitative estimate of drug-likeness (QED) is 0.377. The van der Waals surface area contributed by atoms with Crippen molar-refractivity contribution in [2.75, 3.05) is 12.4 Å². The van der Waals surface area contributed by atoms with Gasteiger partial charge >= 0.3 is 12.1 Å². The first-order valence-corrected chi connectivity index (χ1v) is 10.9. The highest BCUT2D eigenvalue weighted by Gasteiger charge is 2.25. The van der Waals surface area contributed by atoms with Crippen molar-refractivity contribution >= 4 is 34.7 Å². The standard InChI is InChI=1S/C26H24N4O5/c1-34-25(32)24(29-26(33)35-16-18-8-3-2-4-9-18)19-10-7-11-20(14-19)28-23(31)15-30-17-27-21-12-5-6-13-22(21)30/h2-14,17,24H,15-16H2,1H3,(H,28,31)(H,29,33)/t24-/m0/s1. The molecule has 2 amide bonds. The third-order valence-electron chi connectivity index (χ3n) is 5.26. The molecule has 3 aromatic carbocycles. The van der Waals surface area contributed by atoms with Gasteiger partial charge in [0.1, 0.15) is 13.2 Å². The third kappa shape index (κ3) is 6.02. The van der Waals surface area contributed by atoms with Crippen molar-refractivity contribution in [2.45, 2.75) is 19.2 Å². The van der Waals surface area contributed by atoms with Gasteiger partial charge in [0.2, 0.25) is 5.91 Å². The number of anilines is 1. The molecule has 4 rings (SSSR count). The number of ether oxygens (including phenoxy) is 2. The van der Waals surface area contributed by atoms with Crippen molar-refractivity contribution in [3.05, 3.63) is 96.3 Å². The molecule has 0 radical (unpaired) electrons. The van der Waals surface area contributed by atoms with Crippen LogP contribution in [0.2, 0.25) is 0 Å². The maximum Gasteiger partial charge on any atom is 0.408 e. The summed E-state index contributed by atoms with van der Waals surface area (Å²) >= 11 is 0. The van der Waals surface area contributed by atoms with Crippen molar-refractivity contribution < 1.29 is 23.9 Å². The summed E-state index contributed by atoms with van der Waals surface area (Å²) in [6, 6.07) is 22.2. The van der Waals surface area contributed by atoms with Crippen molar-refractivity contribution in [3.63, 3.8) is 0 Å². The number of hydrogen-bond acceptors (Lipinski definition) is 6. The van der Waals surface area contributed by atoms with Crippen LogP contribution in [-0.2, 0) is 32.2 Å². The molecule has 0 aliphatic rings. The van der Waals surface area contributed by atoms with E-state index in [0.717, 1.165) is 16.6 Å². The van der Waals surface area contributed by atoms with Gasteiger partial charge in [-0.2, -0.15) is 0 Å². The number of amides is 2. The molecule has 0 saturated carbocycles. The second-order valence-corrected chi connectivity index (χ2v) is 7.70. The number of para-hydroxylation sites is 2. The highest BCUT2D eigenvalue weighted by Crippen LogP contribution is 2.20. The number of methoxy groups -OCH3 is 1. The SMILES string of the molecule is COC(=O)[C@@H](NC(=O)OCc1ccccc1)c1cccc(NC(=O)Cn2cnc3ccccc32)c1. The molecule has 9 nitrogen and oxygen atoms in total. The Morgan fingerprint density at radius 2 is 1.74 bits per heavy atom. The van der Waals surface area contributed by atoms with Crippen molar-refractivity contribution in [3.8, 4) is 0 Å². The van der Waals surface area contributed by atoms with Crippen molar-refractivity contribution in [2.24, 2.45) is 0 Å². The lowest BCUT2D eigenvalue weighted by molar-refractivity contribution is -0.143. The maximum atomic E-state index is 12.7. The smallest absolute Gasteiger partial charge is 0.408 e. The number of rotatable bonds is 8. The Hall–Kier alpha value is -4.66. The van der Waals surface area contributed by atoms with Gasteiger partial charge in [0.15, 0.2) is 6.04 Å². The molecule has 1 atom stereocenters. The summed E-state index contributed by atoms with van der Waals surface area (Å²) in [5.41, 5.74) is 3.35.